The number of nitrogens with two attached hydrogens (primary N) is 1. The summed E-state index contributed by atoms with van der Waals surface area (Å²) in [7, 11) is 0. The van der Waals surface area contributed by atoms with Gasteiger partial charge < -0.3 is 11.1 Å². The summed E-state index contributed by atoms with van der Waals surface area (Å²) < 4.78 is 1.13. The van der Waals surface area contributed by atoms with Gasteiger partial charge in [-0.3, -0.25) is 0 Å². The van der Waals surface area contributed by atoms with Gasteiger partial charge in [0.2, 0.25) is 0 Å². The van der Waals surface area contributed by atoms with Crippen LogP contribution in [0.15, 0.2) is 34.2 Å². The predicted octanol–water partition coefficient (Wildman–Crippen LogP) is 3.10. The molecule has 2 aromatic rings. The second-order valence-electron chi connectivity index (χ2n) is 3.00. The summed E-state index contributed by atoms with van der Waals surface area (Å²) in [6.45, 7) is 0.747. The number of pyridine rings is 1. The van der Waals surface area contributed by atoms with Crippen LogP contribution in [0.2, 0.25) is 0 Å². The average Bonchev–Trinajstić information content (AvgIpc) is 2.63. The summed E-state index contributed by atoms with van der Waals surface area (Å²) in [4.78, 5) is 5.40. The molecule has 78 valence electrons. The summed E-state index contributed by atoms with van der Waals surface area (Å²) in [5, 5.41) is 3.20. The van der Waals surface area contributed by atoms with Crippen LogP contribution >= 0.6 is 27.3 Å². The number of nitrogens with one attached hydrogen (secondary N) is 1. The van der Waals surface area contributed by atoms with E-state index in [1.54, 1.807) is 17.5 Å². The first-order valence-electron chi connectivity index (χ1n) is 4.44. The zero-order valence-corrected chi connectivity index (χ0v) is 10.3. The van der Waals surface area contributed by atoms with E-state index < -0.39 is 0 Å². The van der Waals surface area contributed by atoms with Gasteiger partial charge in [0, 0.05) is 11.1 Å². The van der Waals surface area contributed by atoms with Crippen molar-refractivity contribution in [2.24, 2.45) is 0 Å². The Morgan fingerprint density at radius 2 is 2.27 bits per heavy atom. The fraction of sp³-hybridized carbons (Fsp3) is 0.100. The zero-order valence-electron chi connectivity index (χ0n) is 7.90. The third-order valence-corrected chi connectivity index (χ3v) is 3.52. The molecule has 15 heavy (non-hydrogen) atoms. The second-order valence-corrected chi connectivity index (χ2v) is 5.55. The number of hydrogen-bond acceptors (Lipinski definition) is 4. The van der Waals surface area contributed by atoms with Crippen molar-refractivity contribution < 1.29 is 0 Å². The molecule has 0 fully saturated rings. The van der Waals surface area contributed by atoms with E-state index in [1.807, 2.05) is 18.2 Å². The topological polar surface area (TPSA) is 50.9 Å². The number of thiophene rings is 1. The minimum absolute atomic E-state index is 0.674. The van der Waals surface area contributed by atoms with Gasteiger partial charge in [0.1, 0.15) is 5.82 Å². The van der Waals surface area contributed by atoms with Gasteiger partial charge in [-0.05, 0) is 40.2 Å². The fourth-order valence-electron chi connectivity index (χ4n) is 1.18. The van der Waals surface area contributed by atoms with Crippen molar-refractivity contribution in [1.29, 1.82) is 0 Å². The van der Waals surface area contributed by atoms with Gasteiger partial charge in [0.05, 0.1) is 16.0 Å². The highest BCUT2D eigenvalue weighted by Gasteiger charge is 2.00. The van der Waals surface area contributed by atoms with Crippen LogP contribution in [0.25, 0.3) is 0 Å². The highest BCUT2D eigenvalue weighted by Crippen LogP contribution is 2.23. The molecule has 3 nitrogen and oxygen atoms in total. The quantitative estimate of drug-likeness (QED) is 0.910. The van der Waals surface area contributed by atoms with Gasteiger partial charge in [0.25, 0.3) is 0 Å². The maximum atomic E-state index is 5.76. The second kappa shape index (κ2) is 4.63. The number of hydrogen-bond donors (Lipinski definition) is 2. The number of halogens is 1. The number of nitrogens with zero attached hydrogens (tertiary/aromatic N) is 1. The first-order chi connectivity index (χ1) is 7.25. The van der Waals surface area contributed by atoms with Crippen LogP contribution < -0.4 is 11.1 Å². The van der Waals surface area contributed by atoms with Crippen LogP contribution in [0.3, 0.4) is 0 Å². The van der Waals surface area contributed by atoms with E-state index in [4.69, 9.17) is 5.73 Å². The lowest BCUT2D eigenvalue weighted by Crippen LogP contribution is -2.02. The van der Waals surface area contributed by atoms with Gasteiger partial charge in [-0.1, -0.05) is 0 Å². The number of nitrogen functional groups attached to an aromatic ring is 1. The van der Waals surface area contributed by atoms with Crippen molar-refractivity contribution in [3.63, 3.8) is 0 Å². The Bertz CT molecular complexity index is 455. The first-order valence-corrected chi connectivity index (χ1v) is 6.05. The van der Waals surface area contributed by atoms with E-state index in [0.717, 1.165) is 16.1 Å². The predicted molar refractivity (Wildman–Crippen MR) is 68.0 cm³/mol. The highest BCUT2D eigenvalue weighted by molar-refractivity contribution is 9.11. The van der Waals surface area contributed by atoms with Gasteiger partial charge in [0.15, 0.2) is 0 Å². The summed E-state index contributed by atoms with van der Waals surface area (Å²) in [5.74, 6) is 0.738. The van der Waals surface area contributed by atoms with E-state index in [2.05, 4.69) is 32.3 Å². The molecule has 0 spiro atoms. The zero-order chi connectivity index (χ0) is 10.7. The Hall–Kier alpha value is -1.07. The maximum Gasteiger partial charge on any atom is 0.149 e. The van der Waals surface area contributed by atoms with E-state index in [9.17, 15) is 0 Å². The molecule has 0 aliphatic rings. The molecule has 0 aliphatic heterocycles. The molecule has 5 heteroatoms. The smallest absolute Gasteiger partial charge is 0.149 e. The molecule has 0 atom stereocenters. The lowest BCUT2D eigenvalue weighted by molar-refractivity contribution is 1.14. The van der Waals surface area contributed by atoms with Crippen molar-refractivity contribution in [3.8, 4) is 0 Å². The molecular weight excluding hydrogens is 274 g/mol. The molecule has 0 saturated heterocycles. The van der Waals surface area contributed by atoms with E-state index in [1.165, 1.54) is 4.88 Å². The molecule has 0 aromatic carbocycles. The van der Waals surface area contributed by atoms with Crippen LogP contribution in [0.5, 0.6) is 0 Å². The Balaban J connectivity index is 2.02. The first kappa shape index (κ1) is 10.4. The van der Waals surface area contributed by atoms with Crippen LogP contribution in [0, 0.1) is 0 Å². The summed E-state index contributed by atoms with van der Waals surface area (Å²) in [6, 6.07) is 7.76. The molecule has 0 amide bonds. The molecule has 0 aliphatic carbocycles. The standard InChI is InChI=1S/C10H10BrN3S/c11-9-4-3-7(15-9)6-14-10-8(12)2-1-5-13-10/h1-5H,6,12H2,(H,13,14). The van der Waals surface area contributed by atoms with Crippen LogP contribution in [-0.4, -0.2) is 4.98 Å². The highest BCUT2D eigenvalue weighted by atomic mass is 79.9. The van der Waals surface area contributed by atoms with Crippen LogP contribution in [0.1, 0.15) is 4.88 Å². The Morgan fingerprint density at radius 1 is 1.40 bits per heavy atom. The maximum absolute atomic E-state index is 5.76. The number of aromatic nitrogens is 1. The van der Waals surface area contributed by atoms with E-state index >= 15 is 0 Å². The lowest BCUT2D eigenvalue weighted by atomic mass is 10.4. The molecule has 0 bridgehead atoms. The normalized spacial score (nSPS) is 10.2. The van der Waals surface area contributed by atoms with Crippen molar-refractivity contribution in [3.05, 3.63) is 39.1 Å². The molecule has 3 N–H and O–H groups in total. The van der Waals surface area contributed by atoms with Crippen LogP contribution in [-0.2, 0) is 6.54 Å². The molecule has 2 aromatic heterocycles. The summed E-state index contributed by atoms with van der Waals surface area (Å²) >= 11 is 5.12. The number of rotatable bonds is 3. The van der Waals surface area contributed by atoms with Crippen molar-refractivity contribution in [1.82, 2.24) is 4.98 Å². The van der Waals surface area contributed by atoms with Gasteiger partial charge in [-0.15, -0.1) is 11.3 Å². The molecular formula is C10H10BrN3S. The molecule has 0 radical (unpaired) electrons. The third kappa shape index (κ3) is 2.70. The van der Waals surface area contributed by atoms with E-state index in [-0.39, 0.29) is 0 Å². The minimum Gasteiger partial charge on any atom is -0.396 e. The Kier molecular flexibility index (Phi) is 3.23. The average molecular weight is 284 g/mol. The molecule has 2 heterocycles. The van der Waals surface area contributed by atoms with Gasteiger partial charge >= 0.3 is 0 Å². The molecule has 0 unspecified atom stereocenters. The van der Waals surface area contributed by atoms with E-state index in [0.29, 0.717) is 5.69 Å². The SMILES string of the molecule is Nc1cccnc1NCc1ccc(Br)s1. The number of anilines is 2. The fourth-order valence-corrected chi connectivity index (χ4v) is 2.61. The van der Waals surface area contributed by atoms with Gasteiger partial charge in [-0.25, -0.2) is 4.98 Å². The third-order valence-electron chi connectivity index (χ3n) is 1.90. The van der Waals surface area contributed by atoms with Gasteiger partial charge in [-0.2, -0.15) is 0 Å². The summed E-state index contributed by atoms with van der Waals surface area (Å²) in [5.41, 5.74) is 6.43. The Morgan fingerprint density at radius 3 is 2.93 bits per heavy atom. The molecule has 0 saturated carbocycles. The Labute approximate surface area is 100 Å². The van der Waals surface area contributed by atoms with Crippen molar-refractivity contribution in [2.45, 2.75) is 6.54 Å². The molecule has 2 rings (SSSR count). The lowest BCUT2D eigenvalue weighted by Gasteiger charge is -2.05. The van der Waals surface area contributed by atoms with Crippen molar-refractivity contribution in [2.75, 3.05) is 11.1 Å². The van der Waals surface area contributed by atoms with Crippen molar-refractivity contribution >= 4 is 38.8 Å². The summed E-state index contributed by atoms with van der Waals surface area (Å²) in [6.07, 6.45) is 1.73. The monoisotopic (exact) mass is 283 g/mol. The van der Waals surface area contributed by atoms with Crippen LogP contribution in [0.4, 0.5) is 11.5 Å². The minimum atomic E-state index is 0.674. The largest absolute Gasteiger partial charge is 0.396 e.